The van der Waals surface area contributed by atoms with Gasteiger partial charge in [0, 0.05) is 16.8 Å². The smallest absolute Gasteiger partial charge is 0.252 e. The highest BCUT2D eigenvalue weighted by Crippen LogP contribution is 2.35. The van der Waals surface area contributed by atoms with E-state index < -0.39 is 0 Å². The number of thioether (sulfide) groups is 1. The molecule has 1 fully saturated rings. The van der Waals surface area contributed by atoms with E-state index in [2.05, 4.69) is 36.2 Å². The zero-order valence-corrected chi connectivity index (χ0v) is 17.3. The maximum atomic E-state index is 12.7. The zero-order chi connectivity index (χ0) is 19.9. The van der Waals surface area contributed by atoms with Crippen LogP contribution in [0.25, 0.3) is 10.9 Å². The molecule has 7 heteroatoms. The lowest BCUT2D eigenvalue weighted by Gasteiger charge is -2.12. The zero-order valence-electron chi connectivity index (χ0n) is 16.5. The number of amides is 1. The molecule has 0 spiro atoms. The van der Waals surface area contributed by atoms with Crippen LogP contribution in [0, 0.1) is 0 Å². The van der Waals surface area contributed by atoms with Gasteiger partial charge in [-0.3, -0.25) is 4.79 Å². The number of nitrogens with zero attached hydrogens (tertiary/aromatic N) is 3. The first kappa shape index (κ1) is 18.9. The predicted molar refractivity (Wildman–Crippen MR) is 110 cm³/mol. The number of fused-ring (bicyclic) bond motifs is 1. The Hall–Kier alpha value is -2.41. The maximum absolute atomic E-state index is 12.7. The Bertz CT molecular complexity index is 1020. The Kier molecular flexibility index (Phi) is 4.87. The van der Waals surface area contributed by atoms with Crippen molar-refractivity contribution in [2.45, 2.75) is 62.3 Å². The summed E-state index contributed by atoms with van der Waals surface area (Å²) in [6.07, 6.45) is 2.11. The number of carbonyl (C=O) groups excluding carboxylic acids is 1. The van der Waals surface area contributed by atoms with E-state index in [1.807, 2.05) is 37.3 Å². The van der Waals surface area contributed by atoms with E-state index in [9.17, 15) is 4.79 Å². The second-order valence-corrected chi connectivity index (χ2v) is 9.60. The summed E-state index contributed by atoms with van der Waals surface area (Å²) in [4.78, 5) is 22.0. The van der Waals surface area contributed by atoms with Gasteiger partial charge in [-0.2, -0.15) is 4.98 Å². The van der Waals surface area contributed by atoms with Gasteiger partial charge in [0.1, 0.15) is 0 Å². The summed E-state index contributed by atoms with van der Waals surface area (Å²) in [6, 6.07) is 9.91. The number of hydrogen-bond donors (Lipinski definition) is 1. The average molecular weight is 397 g/mol. The van der Waals surface area contributed by atoms with E-state index in [0.717, 1.165) is 28.8 Å². The molecule has 0 saturated heterocycles. The van der Waals surface area contributed by atoms with Crippen LogP contribution in [0.2, 0.25) is 0 Å². The lowest BCUT2D eigenvalue weighted by molar-refractivity contribution is 0.0952. The number of hydrogen-bond acceptors (Lipinski definition) is 6. The number of para-hydroxylation sites is 1. The van der Waals surface area contributed by atoms with Crippen molar-refractivity contribution in [1.29, 1.82) is 0 Å². The van der Waals surface area contributed by atoms with Crippen LogP contribution in [0.15, 0.2) is 39.9 Å². The Balaban J connectivity index is 1.62. The molecule has 6 nitrogen and oxygen atoms in total. The molecule has 4 rings (SSSR count). The largest absolute Gasteiger partial charge is 0.349 e. The van der Waals surface area contributed by atoms with Crippen LogP contribution in [0.1, 0.15) is 67.9 Å². The standard InChI is InChI=1S/C21H24N4O2S/c1-12(19-24-20(25-27-19)21(2,3)4)28-17-11-15(18(26)22-13-9-10-13)14-7-5-6-8-16(14)23-17/h5-8,11-13H,9-10H2,1-4H3,(H,22,26)/t12-/m1/s1. The lowest BCUT2D eigenvalue weighted by Crippen LogP contribution is -2.25. The molecule has 1 amide bonds. The molecular weight excluding hydrogens is 372 g/mol. The maximum Gasteiger partial charge on any atom is 0.252 e. The van der Waals surface area contributed by atoms with Gasteiger partial charge in [0.2, 0.25) is 5.89 Å². The van der Waals surface area contributed by atoms with Gasteiger partial charge in [0.15, 0.2) is 5.82 Å². The SMILES string of the molecule is C[C@@H](Sc1cc(C(=O)NC2CC2)c2ccccc2n1)c1nc(C(C)(C)C)no1. The highest BCUT2D eigenvalue weighted by Gasteiger charge is 2.26. The molecule has 1 atom stereocenters. The van der Waals surface area contributed by atoms with Gasteiger partial charge in [-0.1, -0.05) is 55.9 Å². The summed E-state index contributed by atoms with van der Waals surface area (Å²) >= 11 is 1.51. The first-order valence-electron chi connectivity index (χ1n) is 9.52. The quantitative estimate of drug-likeness (QED) is 0.632. The van der Waals surface area contributed by atoms with Crippen molar-refractivity contribution in [3.8, 4) is 0 Å². The van der Waals surface area contributed by atoms with Gasteiger partial charge in [0.05, 0.1) is 21.4 Å². The number of carbonyl (C=O) groups is 1. The summed E-state index contributed by atoms with van der Waals surface area (Å²) in [7, 11) is 0. The molecule has 0 radical (unpaired) electrons. The number of nitrogens with one attached hydrogen (secondary N) is 1. The van der Waals surface area contributed by atoms with E-state index in [1.54, 1.807) is 0 Å². The van der Waals surface area contributed by atoms with Gasteiger partial charge in [-0.25, -0.2) is 4.98 Å². The van der Waals surface area contributed by atoms with Gasteiger partial charge >= 0.3 is 0 Å². The molecule has 0 aliphatic heterocycles. The minimum atomic E-state index is -0.165. The van der Waals surface area contributed by atoms with Gasteiger partial charge < -0.3 is 9.84 Å². The van der Waals surface area contributed by atoms with E-state index in [1.165, 1.54) is 11.8 Å². The van der Waals surface area contributed by atoms with Crippen LogP contribution in [0.5, 0.6) is 0 Å². The fourth-order valence-corrected chi connectivity index (χ4v) is 3.72. The van der Waals surface area contributed by atoms with Crippen molar-refractivity contribution < 1.29 is 9.32 Å². The molecule has 1 saturated carbocycles. The van der Waals surface area contributed by atoms with Gasteiger partial charge in [-0.15, -0.1) is 0 Å². The molecule has 2 aromatic heterocycles. The minimum absolute atomic E-state index is 0.0385. The van der Waals surface area contributed by atoms with Crippen molar-refractivity contribution >= 4 is 28.6 Å². The first-order valence-corrected chi connectivity index (χ1v) is 10.4. The Morgan fingerprint density at radius 2 is 2.00 bits per heavy atom. The Labute approximate surface area is 168 Å². The van der Waals surface area contributed by atoms with Crippen molar-refractivity contribution in [3.05, 3.63) is 47.6 Å². The fraction of sp³-hybridized carbons (Fsp3) is 0.429. The Morgan fingerprint density at radius 1 is 1.25 bits per heavy atom. The molecule has 3 aromatic rings. The van der Waals surface area contributed by atoms with Gasteiger partial charge in [0.25, 0.3) is 5.91 Å². The van der Waals surface area contributed by atoms with Crippen molar-refractivity contribution in [2.24, 2.45) is 0 Å². The topological polar surface area (TPSA) is 80.9 Å². The van der Waals surface area contributed by atoms with Crippen LogP contribution >= 0.6 is 11.8 Å². The highest BCUT2D eigenvalue weighted by atomic mass is 32.2. The van der Waals surface area contributed by atoms with Crippen LogP contribution in [0.3, 0.4) is 0 Å². The molecule has 2 heterocycles. The summed E-state index contributed by atoms with van der Waals surface area (Å²) in [5.74, 6) is 1.21. The normalized spacial score (nSPS) is 15.6. The third kappa shape index (κ3) is 4.04. The molecule has 1 aliphatic rings. The second kappa shape index (κ2) is 7.20. The molecule has 0 bridgehead atoms. The second-order valence-electron chi connectivity index (χ2n) is 8.24. The summed E-state index contributed by atoms with van der Waals surface area (Å²) < 4.78 is 5.46. The third-order valence-corrected chi connectivity index (χ3v) is 5.61. The molecule has 146 valence electrons. The van der Waals surface area contributed by atoms with Crippen LogP contribution in [-0.4, -0.2) is 27.1 Å². The van der Waals surface area contributed by atoms with E-state index in [4.69, 9.17) is 9.51 Å². The van der Waals surface area contributed by atoms with E-state index in [-0.39, 0.29) is 16.6 Å². The van der Waals surface area contributed by atoms with Crippen LogP contribution < -0.4 is 5.32 Å². The average Bonchev–Trinajstić information content (AvgIpc) is 3.30. The molecule has 0 unspecified atom stereocenters. The predicted octanol–water partition coefficient (Wildman–Crippen LogP) is 4.66. The number of pyridine rings is 1. The number of aromatic nitrogens is 3. The lowest BCUT2D eigenvalue weighted by atomic mass is 9.96. The third-order valence-electron chi connectivity index (χ3n) is 4.61. The van der Waals surface area contributed by atoms with Crippen molar-refractivity contribution in [2.75, 3.05) is 0 Å². The first-order chi connectivity index (χ1) is 13.3. The van der Waals surface area contributed by atoms with Crippen molar-refractivity contribution in [1.82, 2.24) is 20.4 Å². The molecule has 1 aliphatic carbocycles. The van der Waals surface area contributed by atoms with Crippen LogP contribution in [0.4, 0.5) is 0 Å². The summed E-state index contributed by atoms with van der Waals surface area (Å²) in [6.45, 7) is 8.16. The molecule has 1 N–H and O–H groups in total. The molecular formula is C21H24N4O2S. The summed E-state index contributed by atoms with van der Waals surface area (Å²) in [5.41, 5.74) is 1.30. The van der Waals surface area contributed by atoms with E-state index >= 15 is 0 Å². The summed E-state index contributed by atoms with van der Waals surface area (Å²) in [5, 5.41) is 8.74. The van der Waals surface area contributed by atoms with Gasteiger partial charge in [-0.05, 0) is 31.9 Å². The van der Waals surface area contributed by atoms with Crippen molar-refractivity contribution in [3.63, 3.8) is 0 Å². The molecule has 1 aromatic carbocycles. The van der Waals surface area contributed by atoms with E-state index in [0.29, 0.717) is 23.3 Å². The monoisotopic (exact) mass is 396 g/mol. The molecule has 28 heavy (non-hydrogen) atoms. The number of benzene rings is 1. The Morgan fingerprint density at radius 3 is 2.68 bits per heavy atom. The number of rotatable bonds is 5. The fourth-order valence-electron chi connectivity index (χ4n) is 2.83. The minimum Gasteiger partial charge on any atom is -0.349 e. The highest BCUT2D eigenvalue weighted by molar-refractivity contribution is 7.99. The van der Waals surface area contributed by atoms with Crippen LogP contribution in [-0.2, 0) is 5.41 Å².